The summed E-state index contributed by atoms with van der Waals surface area (Å²) in [6.45, 7) is 2.59. The first kappa shape index (κ1) is 17.7. The molecule has 0 spiro atoms. The number of esters is 1. The van der Waals surface area contributed by atoms with Gasteiger partial charge in [0.2, 0.25) is 6.29 Å². The van der Waals surface area contributed by atoms with Gasteiger partial charge in [-0.3, -0.25) is 9.59 Å². The molecule has 0 aromatic carbocycles. The standard InChI is InChI=1S/C16H25NO6/c1-11(22-15(19)12-7-9-21-10-8-12)23-16(20)17(2)13-5-3-4-6-14(13)18/h11-13H,3-10H2,1-2H3. The van der Waals surface area contributed by atoms with Crippen molar-refractivity contribution in [3.05, 3.63) is 0 Å². The molecule has 130 valence electrons. The van der Waals surface area contributed by atoms with E-state index in [1.165, 1.54) is 11.8 Å². The molecule has 2 atom stereocenters. The van der Waals surface area contributed by atoms with Crippen LogP contribution in [-0.4, -0.2) is 55.3 Å². The molecular formula is C16H25NO6. The molecule has 1 aliphatic heterocycles. The molecule has 0 radical (unpaired) electrons. The average molecular weight is 327 g/mol. The van der Waals surface area contributed by atoms with Gasteiger partial charge in [0.15, 0.2) is 5.78 Å². The maximum absolute atomic E-state index is 12.1. The number of ketones is 1. The highest BCUT2D eigenvalue weighted by molar-refractivity contribution is 5.87. The Labute approximate surface area is 136 Å². The third kappa shape index (κ3) is 4.92. The molecule has 2 unspecified atom stereocenters. The summed E-state index contributed by atoms with van der Waals surface area (Å²) < 4.78 is 15.5. The van der Waals surface area contributed by atoms with Crippen molar-refractivity contribution in [2.75, 3.05) is 20.3 Å². The fourth-order valence-electron chi connectivity index (χ4n) is 2.94. The van der Waals surface area contributed by atoms with E-state index in [4.69, 9.17) is 14.2 Å². The van der Waals surface area contributed by atoms with Gasteiger partial charge in [-0.15, -0.1) is 0 Å². The lowest BCUT2D eigenvalue weighted by Gasteiger charge is -2.30. The Morgan fingerprint density at radius 1 is 1.17 bits per heavy atom. The van der Waals surface area contributed by atoms with Crippen LogP contribution in [0.5, 0.6) is 0 Å². The fourth-order valence-corrected chi connectivity index (χ4v) is 2.94. The van der Waals surface area contributed by atoms with Gasteiger partial charge in [0, 0.05) is 33.6 Å². The monoisotopic (exact) mass is 327 g/mol. The summed E-state index contributed by atoms with van der Waals surface area (Å²) in [6.07, 6.45) is 2.57. The SMILES string of the molecule is CC(OC(=O)C1CCOCC1)OC(=O)N(C)C1CCCCC1=O. The predicted octanol–water partition coefficient (Wildman–Crippen LogP) is 1.88. The molecule has 1 heterocycles. The Morgan fingerprint density at radius 2 is 1.87 bits per heavy atom. The van der Waals surface area contributed by atoms with Gasteiger partial charge < -0.3 is 19.1 Å². The zero-order valence-corrected chi connectivity index (χ0v) is 13.8. The zero-order valence-electron chi connectivity index (χ0n) is 13.8. The van der Waals surface area contributed by atoms with E-state index in [0.717, 1.165) is 12.8 Å². The van der Waals surface area contributed by atoms with Crippen molar-refractivity contribution in [2.24, 2.45) is 5.92 Å². The molecule has 1 aliphatic carbocycles. The second-order valence-electron chi connectivity index (χ2n) is 6.11. The van der Waals surface area contributed by atoms with Gasteiger partial charge in [-0.05, 0) is 25.7 Å². The molecule has 0 aromatic rings. The Balaban J connectivity index is 1.79. The number of likely N-dealkylation sites (N-methyl/N-ethyl adjacent to an activating group) is 1. The van der Waals surface area contributed by atoms with Crippen molar-refractivity contribution >= 4 is 17.8 Å². The first-order valence-electron chi connectivity index (χ1n) is 8.23. The molecule has 1 saturated heterocycles. The highest BCUT2D eigenvalue weighted by Gasteiger charge is 2.31. The first-order valence-corrected chi connectivity index (χ1v) is 8.23. The van der Waals surface area contributed by atoms with Crippen LogP contribution in [0.2, 0.25) is 0 Å². The maximum Gasteiger partial charge on any atom is 0.413 e. The minimum absolute atomic E-state index is 0.0579. The minimum atomic E-state index is -0.973. The quantitative estimate of drug-likeness (QED) is 0.579. The van der Waals surface area contributed by atoms with Crippen molar-refractivity contribution in [3.63, 3.8) is 0 Å². The van der Waals surface area contributed by atoms with Gasteiger partial charge in [-0.1, -0.05) is 6.42 Å². The summed E-state index contributed by atoms with van der Waals surface area (Å²) in [5.74, 6) is -0.518. The van der Waals surface area contributed by atoms with E-state index in [1.807, 2.05) is 0 Å². The highest BCUT2D eigenvalue weighted by atomic mass is 16.7. The molecule has 23 heavy (non-hydrogen) atoms. The van der Waals surface area contributed by atoms with Gasteiger partial charge >= 0.3 is 12.1 Å². The lowest BCUT2D eigenvalue weighted by molar-refractivity contribution is -0.174. The molecule has 7 heteroatoms. The van der Waals surface area contributed by atoms with Gasteiger partial charge in [0.25, 0.3) is 0 Å². The summed E-state index contributed by atoms with van der Waals surface area (Å²) in [5, 5.41) is 0. The van der Waals surface area contributed by atoms with Gasteiger partial charge in [0.05, 0.1) is 12.0 Å². The van der Waals surface area contributed by atoms with E-state index in [9.17, 15) is 14.4 Å². The highest BCUT2D eigenvalue weighted by Crippen LogP contribution is 2.20. The minimum Gasteiger partial charge on any atom is -0.425 e. The molecule has 1 amide bonds. The molecule has 0 bridgehead atoms. The van der Waals surface area contributed by atoms with Crippen LogP contribution >= 0.6 is 0 Å². The van der Waals surface area contributed by atoms with Gasteiger partial charge in [-0.2, -0.15) is 0 Å². The van der Waals surface area contributed by atoms with E-state index < -0.39 is 18.4 Å². The third-order valence-corrected chi connectivity index (χ3v) is 4.38. The summed E-state index contributed by atoms with van der Waals surface area (Å²) in [6, 6.07) is -0.436. The number of hydrogen-bond donors (Lipinski definition) is 0. The Morgan fingerprint density at radius 3 is 2.52 bits per heavy atom. The molecule has 0 aromatic heterocycles. The van der Waals surface area contributed by atoms with Crippen molar-refractivity contribution in [1.29, 1.82) is 0 Å². The molecular weight excluding hydrogens is 302 g/mol. The van der Waals surface area contributed by atoms with Gasteiger partial charge in [-0.25, -0.2) is 4.79 Å². The van der Waals surface area contributed by atoms with E-state index >= 15 is 0 Å². The van der Waals surface area contributed by atoms with Crippen LogP contribution in [0.15, 0.2) is 0 Å². The fraction of sp³-hybridized carbons (Fsp3) is 0.812. The number of nitrogens with zero attached hydrogens (tertiary/aromatic N) is 1. The zero-order chi connectivity index (χ0) is 16.8. The largest absolute Gasteiger partial charge is 0.425 e. The van der Waals surface area contributed by atoms with Crippen LogP contribution in [0.4, 0.5) is 4.79 Å². The normalized spacial score (nSPS) is 23.9. The molecule has 0 N–H and O–H groups in total. The van der Waals surface area contributed by atoms with Gasteiger partial charge in [0.1, 0.15) is 0 Å². The van der Waals surface area contributed by atoms with E-state index in [2.05, 4.69) is 0 Å². The summed E-state index contributed by atoms with van der Waals surface area (Å²) in [4.78, 5) is 37.2. The topological polar surface area (TPSA) is 82.1 Å². The molecule has 2 aliphatic rings. The van der Waals surface area contributed by atoms with Crippen LogP contribution in [-0.2, 0) is 23.8 Å². The van der Waals surface area contributed by atoms with Crippen LogP contribution < -0.4 is 0 Å². The second-order valence-corrected chi connectivity index (χ2v) is 6.11. The maximum atomic E-state index is 12.1. The summed E-state index contributed by atoms with van der Waals surface area (Å²) in [5.41, 5.74) is 0. The number of hydrogen-bond acceptors (Lipinski definition) is 6. The molecule has 2 rings (SSSR count). The smallest absolute Gasteiger partial charge is 0.413 e. The summed E-state index contributed by atoms with van der Waals surface area (Å²) >= 11 is 0. The average Bonchev–Trinajstić information content (AvgIpc) is 2.55. The van der Waals surface area contributed by atoms with Crippen molar-refractivity contribution in [3.8, 4) is 0 Å². The Hall–Kier alpha value is -1.63. The van der Waals surface area contributed by atoms with Crippen molar-refractivity contribution in [2.45, 2.75) is 57.8 Å². The number of rotatable bonds is 4. The third-order valence-electron chi connectivity index (χ3n) is 4.38. The van der Waals surface area contributed by atoms with E-state index in [1.54, 1.807) is 7.05 Å². The van der Waals surface area contributed by atoms with E-state index in [-0.39, 0.29) is 17.7 Å². The van der Waals surface area contributed by atoms with Crippen LogP contribution in [0.25, 0.3) is 0 Å². The number of Topliss-reactive ketones (excluding diaryl/α,β-unsaturated/α-hetero) is 1. The van der Waals surface area contributed by atoms with Crippen molar-refractivity contribution in [1.82, 2.24) is 4.90 Å². The summed E-state index contributed by atoms with van der Waals surface area (Å²) in [7, 11) is 1.54. The number of carbonyl (C=O) groups is 3. The van der Waals surface area contributed by atoms with Crippen molar-refractivity contribution < 1.29 is 28.6 Å². The van der Waals surface area contributed by atoms with Crippen LogP contribution in [0.3, 0.4) is 0 Å². The lowest BCUT2D eigenvalue weighted by atomic mass is 9.93. The number of carbonyl (C=O) groups excluding carboxylic acids is 3. The predicted molar refractivity (Wildman–Crippen MR) is 80.6 cm³/mol. The Bertz CT molecular complexity index is 446. The van der Waals surface area contributed by atoms with E-state index in [0.29, 0.717) is 38.9 Å². The van der Waals surface area contributed by atoms with Crippen LogP contribution in [0, 0.1) is 5.92 Å². The second kappa shape index (κ2) is 8.29. The van der Waals surface area contributed by atoms with Crippen LogP contribution in [0.1, 0.15) is 45.4 Å². The number of amides is 1. The molecule has 1 saturated carbocycles. The molecule has 7 nitrogen and oxygen atoms in total. The Kier molecular flexibility index (Phi) is 6.38. The molecule has 2 fully saturated rings. The lowest BCUT2D eigenvalue weighted by Crippen LogP contribution is -2.45. The first-order chi connectivity index (χ1) is 11.0. The number of ether oxygens (including phenoxy) is 3.